The summed E-state index contributed by atoms with van der Waals surface area (Å²) < 4.78 is 12.9. The van der Waals surface area contributed by atoms with E-state index >= 15 is 0 Å². The SMILES string of the molecule is Cc1nc(CCNC(=O)Cc2ccc(F)cc2)sc1Cc1ccccc1. The molecule has 0 radical (unpaired) electrons. The number of carbonyl (C=O) groups excluding carboxylic acids is 1. The summed E-state index contributed by atoms with van der Waals surface area (Å²) in [6.45, 7) is 2.59. The molecule has 0 fully saturated rings. The topological polar surface area (TPSA) is 42.0 Å². The summed E-state index contributed by atoms with van der Waals surface area (Å²) in [6.07, 6.45) is 1.87. The lowest BCUT2D eigenvalue weighted by Crippen LogP contribution is -2.27. The minimum atomic E-state index is -0.292. The van der Waals surface area contributed by atoms with Crippen molar-refractivity contribution in [2.24, 2.45) is 0 Å². The van der Waals surface area contributed by atoms with Crippen LogP contribution in [0.3, 0.4) is 0 Å². The number of halogens is 1. The first kappa shape index (κ1) is 18.3. The van der Waals surface area contributed by atoms with E-state index in [1.54, 1.807) is 23.5 Å². The molecule has 0 saturated carbocycles. The van der Waals surface area contributed by atoms with Gasteiger partial charge < -0.3 is 5.32 Å². The third kappa shape index (κ3) is 5.23. The minimum Gasteiger partial charge on any atom is -0.355 e. The maximum atomic E-state index is 12.9. The van der Waals surface area contributed by atoms with Crippen LogP contribution in [0.25, 0.3) is 0 Å². The predicted octanol–water partition coefficient (Wildman–Crippen LogP) is 4.08. The zero-order valence-corrected chi connectivity index (χ0v) is 15.5. The number of nitrogens with zero attached hydrogens (tertiary/aromatic N) is 1. The van der Waals surface area contributed by atoms with Gasteiger partial charge in [0.2, 0.25) is 5.91 Å². The van der Waals surface area contributed by atoms with Crippen molar-refractivity contribution in [1.82, 2.24) is 10.3 Å². The summed E-state index contributed by atoms with van der Waals surface area (Å²) >= 11 is 1.71. The molecule has 1 aromatic heterocycles. The van der Waals surface area contributed by atoms with E-state index in [4.69, 9.17) is 0 Å². The zero-order valence-electron chi connectivity index (χ0n) is 14.7. The lowest BCUT2D eigenvalue weighted by Gasteiger charge is -2.04. The molecule has 0 atom stereocenters. The first-order valence-corrected chi connectivity index (χ1v) is 9.42. The lowest BCUT2D eigenvalue weighted by atomic mass is 10.1. The van der Waals surface area contributed by atoms with E-state index in [-0.39, 0.29) is 18.1 Å². The Balaban J connectivity index is 1.48. The van der Waals surface area contributed by atoms with Crippen molar-refractivity contribution in [3.05, 3.63) is 87.1 Å². The van der Waals surface area contributed by atoms with Gasteiger partial charge in [-0.2, -0.15) is 0 Å². The van der Waals surface area contributed by atoms with Gasteiger partial charge in [0.05, 0.1) is 17.1 Å². The van der Waals surface area contributed by atoms with Crippen LogP contribution in [0.15, 0.2) is 54.6 Å². The third-order valence-electron chi connectivity index (χ3n) is 4.08. The van der Waals surface area contributed by atoms with Gasteiger partial charge in [0, 0.05) is 24.3 Å². The highest BCUT2D eigenvalue weighted by Gasteiger charge is 2.09. The van der Waals surface area contributed by atoms with Crippen LogP contribution in [0.4, 0.5) is 4.39 Å². The fraction of sp³-hybridized carbons (Fsp3) is 0.238. The molecule has 1 N–H and O–H groups in total. The van der Waals surface area contributed by atoms with E-state index in [0.29, 0.717) is 6.54 Å². The molecule has 134 valence electrons. The Morgan fingerprint density at radius 1 is 1.08 bits per heavy atom. The number of carbonyl (C=O) groups is 1. The van der Waals surface area contributed by atoms with E-state index in [2.05, 4.69) is 22.4 Å². The fourth-order valence-corrected chi connectivity index (χ4v) is 3.80. The van der Waals surface area contributed by atoms with Crippen molar-refractivity contribution in [3.63, 3.8) is 0 Å². The van der Waals surface area contributed by atoms with Gasteiger partial charge in [-0.25, -0.2) is 9.37 Å². The molecule has 1 amide bonds. The molecule has 0 unspecified atom stereocenters. The number of aromatic nitrogens is 1. The number of aryl methyl sites for hydroxylation is 1. The molecular formula is C21H21FN2OS. The van der Waals surface area contributed by atoms with E-state index < -0.39 is 0 Å². The van der Waals surface area contributed by atoms with Gasteiger partial charge in [0.15, 0.2) is 0 Å². The van der Waals surface area contributed by atoms with Gasteiger partial charge in [0.25, 0.3) is 0 Å². The molecule has 26 heavy (non-hydrogen) atoms. The van der Waals surface area contributed by atoms with Crippen molar-refractivity contribution in [1.29, 1.82) is 0 Å². The smallest absolute Gasteiger partial charge is 0.224 e. The van der Waals surface area contributed by atoms with Crippen LogP contribution in [0.5, 0.6) is 0 Å². The Kier molecular flexibility index (Phi) is 6.12. The van der Waals surface area contributed by atoms with Gasteiger partial charge >= 0.3 is 0 Å². The van der Waals surface area contributed by atoms with Crippen molar-refractivity contribution < 1.29 is 9.18 Å². The Hall–Kier alpha value is -2.53. The third-order valence-corrected chi connectivity index (χ3v) is 5.30. The van der Waals surface area contributed by atoms with Crippen LogP contribution >= 0.6 is 11.3 Å². The predicted molar refractivity (Wildman–Crippen MR) is 103 cm³/mol. The molecule has 0 bridgehead atoms. The Morgan fingerprint density at radius 3 is 2.54 bits per heavy atom. The average molecular weight is 368 g/mol. The van der Waals surface area contributed by atoms with Crippen molar-refractivity contribution in [2.45, 2.75) is 26.2 Å². The van der Waals surface area contributed by atoms with Crippen molar-refractivity contribution in [2.75, 3.05) is 6.54 Å². The van der Waals surface area contributed by atoms with Crippen LogP contribution in [0.1, 0.15) is 26.7 Å². The number of rotatable bonds is 7. The van der Waals surface area contributed by atoms with E-state index in [1.807, 2.05) is 25.1 Å². The molecule has 3 rings (SSSR count). The van der Waals surface area contributed by atoms with Gasteiger partial charge in [0.1, 0.15) is 5.82 Å². The number of benzene rings is 2. The van der Waals surface area contributed by atoms with Crippen molar-refractivity contribution in [3.8, 4) is 0 Å². The van der Waals surface area contributed by atoms with Gasteiger partial charge in [-0.15, -0.1) is 11.3 Å². The Morgan fingerprint density at radius 2 is 1.81 bits per heavy atom. The van der Waals surface area contributed by atoms with Crippen LogP contribution in [0.2, 0.25) is 0 Å². The normalized spacial score (nSPS) is 10.7. The first-order chi connectivity index (χ1) is 12.6. The minimum absolute atomic E-state index is 0.0607. The number of nitrogens with one attached hydrogen (secondary N) is 1. The summed E-state index contributed by atoms with van der Waals surface area (Å²) in [6, 6.07) is 16.4. The molecule has 1 heterocycles. The number of hydrogen-bond acceptors (Lipinski definition) is 3. The second-order valence-corrected chi connectivity index (χ2v) is 7.35. The van der Waals surface area contributed by atoms with Crippen molar-refractivity contribution >= 4 is 17.2 Å². The quantitative estimate of drug-likeness (QED) is 0.683. The highest BCUT2D eigenvalue weighted by molar-refractivity contribution is 7.11. The molecule has 3 aromatic rings. The molecule has 3 nitrogen and oxygen atoms in total. The lowest BCUT2D eigenvalue weighted by molar-refractivity contribution is -0.120. The Labute approximate surface area is 156 Å². The molecule has 0 aliphatic carbocycles. The summed E-state index contributed by atoms with van der Waals surface area (Å²) in [5.74, 6) is -0.353. The first-order valence-electron chi connectivity index (χ1n) is 8.60. The highest BCUT2D eigenvalue weighted by atomic mass is 32.1. The fourth-order valence-electron chi connectivity index (χ4n) is 2.70. The number of amides is 1. The largest absolute Gasteiger partial charge is 0.355 e. The molecule has 2 aromatic carbocycles. The number of hydrogen-bond donors (Lipinski definition) is 1. The van der Waals surface area contributed by atoms with E-state index in [0.717, 1.165) is 29.1 Å². The molecule has 0 aliphatic heterocycles. The molecule has 0 spiro atoms. The molecule has 5 heteroatoms. The molecule has 0 saturated heterocycles. The summed E-state index contributed by atoms with van der Waals surface area (Å²) in [5, 5.41) is 3.94. The van der Waals surface area contributed by atoms with E-state index in [1.165, 1.54) is 22.6 Å². The standard InChI is InChI=1S/C21H21FN2OS/c1-15-19(13-16-5-3-2-4-6-16)26-21(24-15)11-12-23-20(25)14-17-7-9-18(22)10-8-17/h2-10H,11-14H2,1H3,(H,23,25). The molecule has 0 aliphatic rings. The maximum absolute atomic E-state index is 12.9. The maximum Gasteiger partial charge on any atom is 0.224 e. The summed E-state index contributed by atoms with van der Waals surface area (Å²) in [4.78, 5) is 17.9. The average Bonchev–Trinajstić information content (AvgIpc) is 2.97. The van der Waals surface area contributed by atoms with Crippen LogP contribution in [0, 0.1) is 12.7 Å². The number of thiazole rings is 1. The van der Waals surface area contributed by atoms with Crippen LogP contribution in [-0.2, 0) is 24.1 Å². The van der Waals surface area contributed by atoms with Crippen LogP contribution in [-0.4, -0.2) is 17.4 Å². The highest BCUT2D eigenvalue weighted by Crippen LogP contribution is 2.21. The van der Waals surface area contributed by atoms with Gasteiger partial charge in [-0.05, 0) is 30.2 Å². The van der Waals surface area contributed by atoms with Gasteiger partial charge in [-0.1, -0.05) is 42.5 Å². The zero-order chi connectivity index (χ0) is 18.4. The second kappa shape index (κ2) is 8.72. The summed E-state index contributed by atoms with van der Waals surface area (Å²) in [7, 11) is 0. The Bertz CT molecular complexity index is 859. The molecular weight excluding hydrogens is 347 g/mol. The second-order valence-electron chi connectivity index (χ2n) is 6.18. The monoisotopic (exact) mass is 368 g/mol. The van der Waals surface area contributed by atoms with Gasteiger partial charge in [-0.3, -0.25) is 4.79 Å². The summed E-state index contributed by atoms with van der Waals surface area (Å²) in [5.41, 5.74) is 3.14. The van der Waals surface area contributed by atoms with E-state index in [9.17, 15) is 9.18 Å². The van der Waals surface area contributed by atoms with Crippen LogP contribution < -0.4 is 5.32 Å².